The van der Waals surface area contributed by atoms with Crippen LogP contribution in [0.2, 0.25) is 0 Å². The minimum atomic E-state index is -0.641. The number of likely N-dealkylation sites (tertiary alicyclic amines) is 1. The van der Waals surface area contributed by atoms with Crippen molar-refractivity contribution in [2.75, 3.05) is 13.1 Å². The highest BCUT2D eigenvalue weighted by molar-refractivity contribution is 7.80. The summed E-state index contributed by atoms with van der Waals surface area (Å²) in [6.07, 6.45) is 2.33. The molecule has 1 heterocycles. The number of amides is 1. The number of thiocarbonyl (C=S) groups is 1. The van der Waals surface area contributed by atoms with Crippen molar-refractivity contribution >= 4 is 23.1 Å². The van der Waals surface area contributed by atoms with Crippen molar-refractivity contribution in [1.29, 1.82) is 0 Å². The zero-order valence-corrected chi connectivity index (χ0v) is 9.85. The van der Waals surface area contributed by atoms with E-state index in [0.29, 0.717) is 19.5 Å². The molecule has 1 saturated heterocycles. The van der Waals surface area contributed by atoms with Crippen LogP contribution in [0.3, 0.4) is 0 Å². The third-order valence-corrected chi connectivity index (χ3v) is 2.89. The van der Waals surface area contributed by atoms with Gasteiger partial charge in [-0.3, -0.25) is 4.79 Å². The lowest BCUT2D eigenvalue weighted by molar-refractivity contribution is -0.129. The van der Waals surface area contributed by atoms with Crippen molar-refractivity contribution in [3.05, 3.63) is 0 Å². The highest BCUT2D eigenvalue weighted by Crippen LogP contribution is 2.21. The van der Waals surface area contributed by atoms with Crippen LogP contribution in [0.15, 0.2) is 0 Å². The SMILES string of the molecule is CC1(O)CCCN(C(=O)CC(N)=S)CC1. The second-order valence-corrected chi connectivity index (χ2v) is 4.90. The normalized spacial score (nSPS) is 27.2. The fourth-order valence-corrected chi connectivity index (χ4v) is 1.90. The Labute approximate surface area is 95.4 Å². The average molecular weight is 230 g/mol. The Morgan fingerprint density at radius 1 is 1.53 bits per heavy atom. The summed E-state index contributed by atoms with van der Waals surface area (Å²) >= 11 is 4.70. The maximum absolute atomic E-state index is 11.6. The molecule has 0 aromatic rings. The first-order chi connectivity index (χ1) is 6.91. The number of carbonyl (C=O) groups is 1. The Bertz CT molecular complexity index is 266. The van der Waals surface area contributed by atoms with Crippen LogP contribution in [0.1, 0.15) is 32.6 Å². The smallest absolute Gasteiger partial charge is 0.229 e. The maximum Gasteiger partial charge on any atom is 0.229 e. The van der Waals surface area contributed by atoms with Crippen LogP contribution >= 0.6 is 12.2 Å². The number of aliphatic hydroxyl groups is 1. The van der Waals surface area contributed by atoms with E-state index >= 15 is 0 Å². The van der Waals surface area contributed by atoms with E-state index in [4.69, 9.17) is 18.0 Å². The molecule has 0 spiro atoms. The first-order valence-electron chi connectivity index (χ1n) is 5.19. The summed E-state index contributed by atoms with van der Waals surface area (Å²) in [6.45, 7) is 3.10. The molecule has 15 heavy (non-hydrogen) atoms. The molecule has 1 unspecified atom stereocenters. The van der Waals surface area contributed by atoms with Crippen LogP contribution in [0, 0.1) is 0 Å². The Balaban J connectivity index is 2.50. The number of nitrogens with two attached hydrogens (primary N) is 1. The molecule has 0 bridgehead atoms. The zero-order chi connectivity index (χ0) is 11.5. The molecule has 0 radical (unpaired) electrons. The van der Waals surface area contributed by atoms with Gasteiger partial charge in [-0.05, 0) is 26.2 Å². The van der Waals surface area contributed by atoms with Crippen molar-refractivity contribution in [2.45, 2.75) is 38.2 Å². The van der Waals surface area contributed by atoms with Crippen LogP contribution < -0.4 is 5.73 Å². The number of hydrogen-bond donors (Lipinski definition) is 2. The Morgan fingerprint density at radius 2 is 2.20 bits per heavy atom. The van der Waals surface area contributed by atoms with Gasteiger partial charge < -0.3 is 15.7 Å². The van der Waals surface area contributed by atoms with E-state index < -0.39 is 5.60 Å². The second kappa shape index (κ2) is 4.90. The molecule has 0 aromatic carbocycles. The van der Waals surface area contributed by atoms with E-state index in [1.165, 1.54) is 0 Å². The van der Waals surface area contributed by atoms with Gasteiger partial charge in [0.25, 0.3) is 0 Å². The number of hydrogen-bond acceptors (Lipinski definition) is 3. The molecule has 1 fully saturated rings. The van der Waals surface area contributed by atoms with Gasteiger partial charge in [-0.15, -0.1) is 0 Å². The summed E-state index contributed by atoms with van der Waals surface area (Å²) in [5.74, 6) is -0.0276. The van der Waals surface area contributed by atoms with Crippen molar-refractivity contribution in [1.82, 2.24) is 4.90 Å². The fourth-order valence-electron chi connectivity index (χ4n) is 1.77. The number of nitrogens with zero attached hydrogens (tertiary/aromatic N) is 1. The van der Waals surface area contributed by atoms with E-state index in [-0.39, 0.29) is 17.3 Å². The zero-order valence-electron chi connectivity index (χ0n) is 9.03. The molecule has 1 aliphatic rings. The van der Waals surface area contributed by atoms with Gasteiger partial charge in [0.2, 0.25) is 5.91 Å². The van der Waals surface area contributed by atoms with Crippen LogP contribution in [0.25, 0.3) is 0 Å². The van der Waals surface area contributed by atoms with Crippen LogP contribution in [0.5, 0.6) is 0 Å². The molecule has 1 aliphatic heterocycles. The third-order valence-electron chi connectivity index (χ3n) is 2.74. The summed E-state index contributed by atoms with van der Waals surface area (Å²) in [4.78, 5) is 13.6. The highest BCUT2D eigenvalue weighted by atomic mass is 32.1. The first kappa shape index (κ1) is 12.4. The lowest BCUT2D eigenvalue weighted by atomic mass is 9.98. The van der Waals surface area contributed by atoms with E-state index in [9.17, 15) is 9.90 Å². The van der Waals surface area contributed by atoms with Gasteiger partial charge in [0.1, 0.15) is 0 Å². The summed E-state index contributed by atoms with van der Waals surface area (Å²) in [5, 5.41) is 9.85. The van der Waals surface area contributed by atoms with Crippen molar-refractivity contribution in [3.8, 4) is 0 Å². The van der Waals surface area contributed by atoms with Crippen molar-refractivity contribution in [3.63, 3.8) is 0 Å². The summed E-state index contributed by atoms with van der Waals surface area (Å²) in [6, 6.07) is 0. The quantitative estimate of drug-likeness (QED) is 0.675. The van der Waals surface area contributed by atoms with E-state index in [1.807, 2.05) is 6.92 Å². The summed E-state index contributed by atoms with van der Waals surface area (Å²) < 4.78 is 0. The molecule has 3 N–H and O–H groups in total. The lowest BCUT2D eigenvalue weighted by Crippen LogP contribution is -2.35. The lowest BCUT2D eigenvalue weighted by Gasteiger charge is -2.22. The Morgan fingerprint density at radius 3 is 2.80 bits per heavy atom. The molecule has 5 heteroatoms. The van der Waals surface area contributed by atoms with Gasteiger partial charge in [0, 0.05) is 13.1 Å². The molecule has 4 nitrogen and oxygen atoms in total. The highest BCUT2D eigenvalue weighted by Gasteiger charge is 2.26. The van der Waals surface area contributed by atoms with E-state index in [2.05, 4.69) is 0 Å². The largest absolute Gasteiger partial charge is 0.393 e. The van der Waals surface area contributed by atoms with Crippen LogP contribution in [-0.4, -0.2) is 39.6 Å². The molecular weight excluding hydrogens is 212 g/mol. The van der Waals surface area contributed by atoms with Gasteiger partial charge in [0.05, 0.1) is 17.0 Å². The molecule has 1 rings (SSSR count). The van der Waals surface area contributed by atoms with Crippen LogP contribution in [0.4, 0.5) is 0 Å². The summed E-state index contributed by atoms with van der Waals surface area (Å²) in [7, 11) is 0. The third kappa shape index (κ3) is 4.13. The van der Waals surface area contributed by atoms with Gasteiger partial charge in [-0.1, -0.05) is 12.2 Å². The van der Waals surface area contributed by atoms with Crippen LogP contribution in [-0.2, 0) is 4.79 Å². The van der Waals surface area contributed by atoms with Gasteiger partial charge >= 0.3 is 0 Å². The fraction of sp³-hybridized carbons (Fsp3) is 0.800. The molecule has 1 amide bonds. The van der Waals surface area contributed by atoms with E-state index in [0.717, 1.165) is 12.8 Å². The molecule has 0 saturated carbocycles. The molecule has 86 valence electrons. The summed E-state index contributed by atoms with van der Waals surface area (Å²) in [5.41, 5.74) is 4.69. The standard InChI is InChI=1S/C10H18N2O2S/c1-10(14)3-2-5-12(6-4-10)9(13)7-8(11)15/h14H,2-7H2,1H3,(H2,11,15). The Kier molecular flexibility index (Phi) is 4.04. The second-order valence-electron chi connectivity index (χ2n) is 4.37. The van der Waals surface area contributed by atoms with Gasteiger partial charge in [-0.25, -0.2) is 0 Å². The predicted molar refractivity (Wildman–Crippen MR) is 62.5 cm³/mol. The van der Waals surface area contributed by atoms with Gasteiger partial charge in [0.15, 0.2) is 0 Å². The van der Waals surface area contributed by atoms with Crippen molar-refractivity contribution in [2.24, 2.45) is 5.73 Å². The molecule has 0 aromatic heterocycles. The molecule has 0 aliphatic carbocycles. The average Bonchev–Trinajstić information content (AvgIpc) is 2.25. The minimum Gasteiger partial charge on any atom is -0.393 e. The predicted octanol–water partition coefficient (Wildman–Crippen LogP) is 0.426. The first-order valence-corrected chi connectivity index (χ1v) is 5.60. The maximum atomic E-state index is 11.6. The topological polar surface area (TPSA) is 66.6 Å². The monoisotopic (exact) mass is 230 g/mol. The van der Waals surface area contributed by atoms with Crippen molar-refractivity contribution < 1.29 is 9.90 Å². The number of carbonyl (C=O) groups excluding carboxylic acids is 1. The molecular formula is C10H18N2O2S. The minimum absolute atomic E-state index is 0.0276. The van der Waals surface area contributed by atoms with E-state index in [1.54, 1.807) is 4.90 Å². The number of rotatable bonds is 2. The molecule has 1 atom stereocenters. The Hall–Kier alpha value is -0.680. The van der Waals surface area contributed by atoms with Gasteiger partial charge in [-0.2, -0.15) is 0 Å².